The second-order valence-corrected chi connectivity index (χ2v) is 3.37. The van der Waals surface area contributed by atoms with Crippen LogP contribution < -0.4 is 5.73 Å². The lowest BCUT2D eigenvalue weighted by Gasteiger charge is -2.09. The molecule has 0 unspecified atom stereocenters. The van der Waals surface area contributed by atoms with Crippen LogP contribution in [0.25, 0.3) is 0 Å². The van der Waals surface area contributed by atoms with Crippen LogP contribution in [0.4, 0.5) is 0 Å². The summed E-state index contributed by atoms with van der Waals surface area (Å²) >= 11 is 11.3. The number of rotatable bonds is 1. The Morgan fingerprint density at radius 2 is 1.92 bits per heavy atom. The lowest BCUT2D eigenvalue weighted by molar-refractivity contribution is 0.464. The van der Waals surface area contributed by atoms with Gasteiger partial charge in [0.25, 0.3) is 0 Å². The number of aromatic hydroxyl groups is 1. The van der Waals surface area contributed by atoms with Crippen molar-refractivity contribution in [2.75, 3.05) is 0 Å². The monoisotopic (exact) mass is 241 g/mol. The van der Waals surface area contributed by atoms with Gasteiger partial charge < -0.3 is 10.8 Å². The SMILES string of the molecule is C[C@@H](N)c1ccc(Cl)c(Cl)c1O.Cl. The molecule has 0 aliphatic rings. The molecule has 0 aliphatic heterocycles. The van der Waals surface area contributed by atoms with E-state index in [0.29, 0.717) is 10.6 Å². The second-order valence-electron chi connectivity index (χ2n) is 2.59. The fraction of sp³-hybridized carbons (Fsp3) is 0.250. The van der Waals surface area contributed by atoms with E-state index in [0.717, 1.165) is 0 Å². The summed E-state index contributed by atoms with van der Waals surface area (Å²) in [5, 5.41) is 9.94. The first-order chi connectivity index (χ1) is 5.54. The minimum Gasteiger partial charge on any atom is -0.506 e. The molecule has 74 valence electrons. The molecule has 0 heterocycles. The van der Waals surface area contributed by atoms with Crippen LogP contribution in [0.2, 0.25) is 10.0 Å². The number of halogens is 3. The van der Waals surface area contributed by atoms with Crippen LogP contribution in [0.15, 0.2) is 12.1 Å². The molecular weight excluding hydrogens is 232 g/mol. The van der Waals surface area contributed by atoms with Crippen LogP contribution in [0.1, 0.15) is 18.5 Å². The molecular formula is C8H10Cl3NO. The van der Waals surface area contributed by atoms with Gasteiger partial charge in [0.1, 0.15) is 10.8 Å². The Kier molecular flexibility index (Phi) is 4.86. The van der Waals surface area contributed by atoms with Gasteiger partial charge in [0.15, 0.2) is 0 Å². The molecule has 1 rings (SSSR count). The average molecular weight is 243 g/mol. The zero-order valence-corrected chi connectivity index (χ0v) is 9.25. The second kappa shape index (κ2) is 4.91. The topological polar surface area (TPSA) is 46.2 Å². The van der Waals surface area contributed by atoms with E-state index in [-0.39, 0.29) is 29.2 Å². The molecule has 0 amide bonds. The molecule has 0 saturated heterocycles. The number of nitrogens with two attached hydrogens (primary N) is 1. The van der Waals surface area contributed by atoms with Crippen molar-refractivity contribution < 1.29 is 5.11 Å². The highest BCUT2D eigenvalue weighted by Gasteiger charge is 2.11. The summed E-state index contributed by atoms with van der Waals surface area (Å²) in [7, 11) is 0. The zero-order valence-electron chi connectivity index (χ0n) is 6.92. The van der Waals surface area contributed by atoms with Crippen molar-refractivity contribution in [3.63, 3.8) is 0 Å². The molecule has 0 saturated carbocycles. The maximum atomic E-state index is 9.45. The molecule has 0 aromatic heterocycles. The summed E-state index contributed by atoms with van der Waals surface area (Å²) in [6, 6.07) is 3.02. The summed E-state index contributed by atoms with van der Waals surface area (Å²) < 4.78 is 0. The molecule has 0 aliphatic carbocycles. The first-order valence-electron chi connectivity index (χ1n) is 3.46. The Balaban J connectivity index is 0.00000144. The van der Waals surface area contributed by atoms with Gasteiger partial charge in [-0.3, -0.25) is 0 Å². The van der Waals surface area contributed by atoms with E-state index >= 15 is 0 Å². The van der Waals surface area contributed by atoms with E-state index in [1.54, 1.807) is 19.1 Å². The molecule has 0 fully saturated rings. The maximum Gasteiger partial charge on any atom is 0.140 e. The average Bonchev–Trinajstić information content (AvgIpc) is 2.00. The number of hydrogen-bond acceptors (Lipinski definition) is 2. The molecule has 0 bridgehead atoms. The maximum absolute atomic E-state index is 9.45. The highest BCUT2D eigenvalue weighted by molar-refractivity contribution is 6.43. The van der Waals surface area contributed by atoms with E-state index in [2.05, 4.69) is 0 Å². The van der Waals surface area contributed by atoms with Gasteiger partial charge in [0, 0.05) is 11.6 Å². The summed E-state index contributed by atoms with van der Waals surface area (Å²) in [4.78, 5) is 0. The van der Waals surface area contributed by atoms with Crippen LogP contribution in [0.5, 0.6) is 5.75 Å². The molecule has 1 aromatic rings. The smallest absolute Gasteiger partial charge is 0.140 e. The Morgan fingerprint density at radius 1 is 1.38 bits per heavy atom. The molecule has 2 nitrogen and oxygen atoms in total. The molecule has 1 aromatic carbocycles. The van der Waals surface area contributed by atoms with E-state index in [1.165, 1.54) is 0 Å². The summed E-state index contributed by atoms with van der Waals surface area (Å²) in [5.41, 5.74) is 6.17. The lowest BCUT2D eigenvalue weighted by Crippen LogP contribution is -2.05. The Hall–Kier alpha value is -0.150. The molecule has 0 spiro atoms. The summed E-state index contributed by atoms with van der Waals surface area (Å²) in [6.45, 7) is 1.76. The van der Waals surface area contributed by atoms with E-state index in [1.807, 2.05) is 0 Å². The minimum absolute atomic E-state index is 0. The van der Waals surface area contributed by atoms with E-state index in [4.69, 9.17) is 28.9 Å². The molecule has 0 radical (unpaired) electrons. The van der Waals surface area contributed by atoms with Gasteiger partial charge in [-0.2, -0.15) is 0 Å². The van der Waals surface area contributed by atoms with Crippen LogP contribution in [0, 0.1) is 0 Å². The molecule has 13 heavy (non-hydrogen) atoms. The van der Waals surface area contributed by atoms with Crippen LogP contribution in [0.3, 0.4) is 0 Å². The minimum atomic E-state index is -0.250. The van der Waals surface area contributed by atoms with Crippen molar-refractivity contribution in [2.45, 2.75) is 13.0 Å². The van der Waals surface area contributed by atoms with Crippen LogP contribution in [-0.4, -0.2) is 5.11 Å². The van der Waals surface area contributed by atoms with Gasteiger partial charge in [-0.25, -0.2) is 0 Å². The van der Waals surface area contributed by atoms with Crippen LogP contribution in [-0.2, 0) is 0 Å². The van der Waals surface area contributed by atoms with Crippen molar-refractivity contribution in [3.8, 4) is 5.75 Å². The Labute approximate surface area is 93.1 Å². The highest BCUT2D eigenvalue weighted by atomic mass is 35.5. The zero-order chi connectivity index (χ0) is 9.30. The number of phenolic OH excluding ortho intramolecular Hbond substituents is 1. The third kappa shape index (κ3) is 2.64. The van der Waals surface area contributed by atoms with Gasteiger partial charge >= 0.3 is 0 Å². The Morgan fingerprint density at radius 3 is 2.38 bits per heavy atom. The first-order valence-corrected chi connectivity index (χ1v) is 4.22. The predicted molar refractivity (Wildman–Crippen MR) is 58.0 cm³/mol. The summed E-state index contributed by atoms with van der Waals surface area (Å²) in [5.74, 6) is -0.0285. The van der Waals surface area contributed by atoms with Gasteiger partial charge in [-0.1, -0.05) is 29.3 Å². The van der Waals surface area contributed by atoms with E-state index < -0.39 is 0 Å². The van der Waals surface area contributed by atoms with Gasteiger partial charge in [-0.05, 0) is 13.0 Å². The fourth-order valence-electron chi connectivity index (χ4n) is 0.922. The van der Waals surface area contributed by atoms with Gasteiger partial charge in [0.05, 0.1) is 5.02 Å². The molecule has 5 heteroatoms. The molecule has 1 atom stereocenters. The fourth-order valence-corrected chi connectivity index (χ4v) is 1.25. The van der Waals surface area contributed by atoms with Gasteiger partial charge in [-0.15, -0.1) is 12.4 Å². The van der Waals surface area contributed by atoms with Gasteiger partial charge in [0.2, 0.25) is 0 Å². The number of hydrogen-bond donors (Lipinski definition) is 2. The normalized spacial score (nSPS) is 12.0. The molecule has 3 N–H and O–H groups in total. The Bertz CT molecular complexity index is 302. The van der Waals surface area contributed by atoms with Crippen molar-refractivity contribution >= 4 is 35.6 Å². The number of benzene rings is 1. The van der Waals surface area contributed by atoms with Crippen molar-refractivity contribution in [1.29, 1.82) is 0 Å². The quantitative estimate of drug-likeness (QED) is 0.795. The van der Waals surface area contributed by atoms with E-state index in [9.17, 15) is 5.11 Å². The third-order valence-electron chi connectivity index (χ3n) is 1.59. The number of phenols is 1. The highest BCUT2D eigenvalue weighted by Crippen LogP contribution is 2.35. The standard InChI is InChI=1S/C8H9Cl2NO.ClH/c1-4(11)5-2-3-6(9)7(10)8(5)12;/h2-4,12H,11H2,1H3;1H/t4-;/m1./s1. The summed E-state index contributed by atoms with van der Waals surface area (Å²) in [6.07, 6.45) is 0. The van der Waals surface area contributed by atoms with Crippen LogP contribution >= 0.6 is 35.6 Å². The van der Waals surface area contributed by atoms with Crippen molar-refractivity contribution in [1.82, 2.24) is 0 Å². The van der Waals surface area contributed by atoms with Crippen molar-refractivity contribution in [3.05, 3.63) is 27.7 Å². The predicted octanol–water partition coefficient (Wildman–Crippen LogP) is 3.14. The third-order valence-corrected chi connectivity index (χ3v) is 2.39. The first kappa shape index (κ1) is 12.8. The van der Waals surface area contributed by atoms with Crippen molar-refractivity contribution in [2.24, 2.45) is 5.73 Å². The largest absolute Gasteiger partial charge is 0.506 e. The lowest BCUT2D eigenvalue weighted by atomic mass is 10.1.